The van der Waals surface area contributed by atoms with E-state index in [1.165, 1.54) is 0 Å². The van der Waals surface area contributed by atoms with Crippen LogP contribution in [-0.2, 0) is 11.3 Å². The molecule has 0 radical (unpaired) electrons. The Morgan fingerprint density at radius 2 is 2.03 bits per heavy atom. The van der Waals surface area contributed by atoms with Crippen molar-refractivity contribution >= 4 is 41.7 Å². The van der Waals surface area contributed by atoms with Crippen molar-refractivity contribution in [3.8, 4) is 0 Å². The van der Waals surface area contributed by atoms with Crippen LogP contribution in [0.15, 0.2) is 29.4 Å². The van der Waals surface area contributed by atoms with Crippen molar-refractivity contribution in [3.05, 3.63) is 30.2 Å². The Morgan fingerprint density at radius 3 is 2.69 bits per heavy atom. The third-order valence-corrected chi connectivity index (χ3v) is 3.93. The molecule has 10 heteroatoms. The largest absolute Gasteiger partial charge is 0.444 e. The van der Waals surface area contributed by atoms with Crippen LogP contribution in [0.1, 0.15) is 33.5 Å². The van der Waals surface area contributed by atoms with Crippen molar-refractivity contribution in [1.82, 2.24) is 30.1 Å². The lowest BCUT2D eigenvalue weighted by Crippen LogP contribution is -2.42. The van der Waals surface area contributed by atoms with E-state index in [-0.39, 0.29) is 36.0 Å². The van der Waals surface area contributed by atoms with Crippen LogP contribution in [0.2, 0.25) is 0 Å². The molecule has 0 aliphatic carbocycles. The SMILES string of the molecule is CN=C(NCc1nnc2ccccn12)NCC(C)CN(C)C(=O)OC(C)(C)C.I. The van der Waals surface area contributed by atoms with Crippen LogP contribution in [0.5, 0.6) is 0 Å². The fourth-order valence-corrected chi connectivity index (χ4v) is 2.61. The Hall–Kier alpha value is -2.11. The van der Waals surface area contributed by atoms with Crippen molar-refractivity contribution in [2.24, 2.45) is 10.9 Å². The van der Waals surface area contributed by atoms with Crippen molar-refractivity contribution in [2.75, 3.05) is 27.2 Å². The molecule has 162 valence electrons. The van der Waals surface area contributed by atoms with Gasteiger partial charge in [-0.2, -0.15) is 0 Å². The molecular formula is C19H32IN7O2. The number of carbonyl (C=O) groups is 1. The predicted molar refractivity (Wildman–Crippen MR) is 125 cm³/mol. The summed E-state index contributed by atoms with van der Waals surface area (Å²) in [6.07, 6.45) is 1.61. The van der Waals surface area contributed by atoms with Crippen LogP contribution in [-0.4, -0.2) is 64.3 Å². The number of hydrogen-bond donors (Lipinski definition) is 2. The molecule has 9 nitrogen and oxygen atoms in total. The van der Waals surface area contributed by atoms with Crippen LogP contribution >= 0.6 is 24.0 Å². The van der Waals surface area contributed by atoms with E-state index >= 15 is 0 Å². The Labute approximate surface area is 189 Å². The molecule has 0 aromatic carbocycles. The van der Waals surface area contributed by atoms with Gasteiger partial charge in [-0.25, -0.2) is 4.79 Å². The van der Waals surface area contributed by atoms with Gasteiger partial charge in [0.2, 0.25) is 0 Å². The molecule has 0 saturated heterocycles. The Kier molecular flexibility index (Phi) is 9.60. The fraction of sp³-hybridized carbons (Fsp3) is 0.579. The first-order valence-corrected chi connectivity index (χ1v) is 9.37. The Balaban J connectivity index is 0.00000420. The number of nitrogens with one attached hydrogen (secondary N) is 2. The van der Waals surface area contributed by atoms with Crippen molar-refractivity contribution in [1.29, 1.82) is 0 Å². The maximum atomic E-state index is 12.1. The Bertz CT molecular complexity index is 816. The molecule has 0 aliphatic rings. The molecular weight excluding hydrogens is 485 g/mol. The summed E-state index contributed by atoms with van der Waals surface area (Å²) in [5, 5.41) is 14.8. The topological polar surface area (TPSA) is 96.1 Å². The van der Waals surface area contributed by atoms with Gasteiger partial charge in [0.25, 0.3) is 0 Å². The minimum absolute atomic E-state index is 0. The number of nitrogens with zero attached hydrogens (tertiary/aromatic N) is 5. The molecule has 2 aromatic rings. The first-order valence-electron chi connectivity index (χ1n) is 9.37. The molecule has 2 aromatic heterocycles. The highest BCUT2D eigenvalue weighted by molar-refractivity contribution is 14.0. The molecule has 0 aliphatic heterocycles. The van der Waals surface area contributed by atoms with Gasteiger partial charge in [0, 0.05) is 33.4 Å². The predicted octanol–water partition coefficient (Wildman–Crippen LogP) is 2.52. The summed E-state index contributed by atoms with van der Waals surface area (Å²) >= 11 is 0. The van der Waals surface area contributed by atoms with E-state index in [9.17, 15) is 4.79 Å². The lowest BCUT2D eigenvalue weighted by Gasteiger charge is -2.26. The Morgan fingerprint density at radius 1 is 1.31 bits per heavy atom. The number of hydrogen-bond acceptors (Lipinski definition) is 5. The smallest absolute Gasteiger partial charge is 0.410 e. The lowest BCUT2D eigenvalue weighted by atomic mass is 10.1. The number of guanidine groups is 1. The minimum atomic E-state index is -0.495. The van der Waals surface area contributed by atoms with E-state index in [1.807, 2.05) is 49.6 Å². The average molecular weight is 517 g/mol. The summed E-state index contributed by atoms with van der Waals surface area (Å²) in [7, 11) is 3.46. The van der Waals surface area contributed by atoms with E-state index in [1.54, 1.807) is 19.0 Å². The molecule has 0 saturated carbocycles. The molecule has 29 heavy (non-hydrogen) atoms. The van der Waals surface area contributed by atoms with Crippen LogP contribution < -0.4 is 10.6 Å². The van der Waals surface area contributed by atoms with Gasteiger partial charge in [0.15, 0.2) is 17.4 Å². The first-order chi connectivity index (χ1) is 13.2. The summed E-state index contributed by atoms with van der Waals surface area (Å²) in [5.41, 5.74) is 0.311. The summed E-state index contributed by atoms with van der Waals surface area (Å²) in [6.45, 7) is 9.37. The summed E-state index contributed by atoms with van der Waals surface area (Å²) in [6, 6.07) is 5.78. The van der Waals surface area contributed by atoms with E-state index in [4.69, 9.17) is 4.74 Å². The van der Waals surface area contributed by atoms with E-state index in [2.05, 4.69) is 32.7 Å². The van der Waals surface area contributed by atoms with Crippen LogP contribution in [0.4, 0.5) is 4.79 Å². The molecule has 2 N–H and O–H groups in total. The molecule has 1 amide bonds. The first kappa shape index (κ1) is 24.9. The number of carbonyl (C=O) groups excluding carboxylic acids is 1. The van der Waals surface area contributed by atoms with Crippen LogP contribution in [0, 0.1) is 5.92 Å². The van der Waals surface area contributed by atoms with Gasteiger partial charge < -0.3 is 20.3 Å². The third-order valence-electron chi connectivity index (χ3n) is 3.93. The zero-order valence-electron chi connectivity index (χ0n) is 18.0. The number of aromatic nitrogens is 3. The maximum absolute atomic E-state index is 12.1. The minimum Gasteiger partial charge on any atom is -0.444 e. The van der Waals surface area contributed by atoms with Crippen LogP contribution in [0.3, 0.4) is 0 Å². The summed E-state index contributed by atoms with van der Waals surface area (Å²) in [5.74, 6) is 1.68. The van der Waals surface area contributed by atoms with Crippen molar-refractivity contribution < 1.29 is 9.53 Å². The number of pyridine rings is 1. The van der Waals surface area contributed by atoms with Gasteiger partial charge in [0.1, 0.15) is 5.60 Å². The number of aliphatic imine (C=N–C) groups is 1. The van der Waals surface area contributed by atoms with Crippen molar-refractivity contribution in [3.63, 3.8) is 0 Å². The second-order valence-corrected chi connectivity index (χ2v) is 7.82. The second-order valence-electron chi connectivity index (χ2n) is 7.82. The molecule has 1 unspecified atom stereocenters. The standard InChI is InChI=1S/C19H31N7O2.HI/c1-14(13-25(6)18(27)28-19(2,3)4)11-21-17(20-5)22-12-16-24-23-15-9-7-8-10-26(15)16;/h7-10,14H,11-13H2,1-6H3,(H2,20,21,22);1H. The highest BCUT2D eigenvalue weighted by Crippen LogP contribution is 2.10. The molecule has 1 atom stereocenters. The summed E-state index contributed by atoms with van der Waals surface area (Å²) in [4.78, 5) is 17.9. The van der Waals surface area contributed by atoms with Gasteiger partial charge in [-0.05, 0) is 38.8 Å². The highest BCUT2D eigenvalue weighted by Gasteiger charge is 2.20. The maximum Gasteiger partial charge on any atom is 0.410 e. The van der Waals surface area contributed by atoms with E-state index in [0.717, 1.165) is 11.5 Å². The number of rotatable bonds is 6. The number of ether oxygens (including phenoxy) is 1. The van der Waals surface area contributed by atoms with Gasteiger partial charge in [0.05, 0.1) is 6.54 Å². The third kappa shape index (κ3) is 8.03. The van der Waals surface area contributed by atoms with Gasteiger partial charge in [-0.3, -0.25) is 9.39 Å². The van der Waals surface area contributed by atoms with Gasteiger partial charge in [-0.15, -0.1) is 34.2 Å². The number of halogens is 1. The summed E-state index contributed by atoms with van der Waals surface area (Å²) < 4.78 is 7.31. The van der Waals surface area contributed by atoms with Crippen LogP contribution in [0.25, 0.3) is 5.65 Å². The molecule has 2 heterocycles. The fourth-order valence-electron chi connectivity index (χ4n) is 2.61. The highest BCUT2D eigenvalue weighted by atomic mass is 127. The second kappa shape index (κ2) is 11.2. The number of fused-ring (bicyclic) bond motifs is 1. The monoisotopic (exact) mass is 517 g/mol. The quantitative estimate of drug-likeness (QED) is 0.348. The normalized spacial score (nSPS) is 12.8. The average Bonchev–Trinajstić information content (AvgIpc) is 3.03. The van der Waals surface area contributed by atoms with E-state index < -0.39 is 5.60 Å². The number of amides is 1. The lowest BCUT2D eigenvalue weighted by molar-refractivity contribution is 0.0278. The van der Waals surface area contributed by atoms with Gasteiger partial charge >= 0.3 is 6.09 Å². The van der Waals surface area contributed by atoms with E-state index in [0.29, 0.717) is 25.6 Å². The molecule has 0 spiro atoms. The zero-order chi connectivity index (χ0) is 20.7. The zero-order valence-corrected chi connectivity index (χ0v) is 20.3. The molecule has 2 rings (SSSR count). The van der Waals surface area contributed by atoms with Gasteiger partial charge in [-0.1, -0.05) is 13.0 Å². The van der Waals surface area contributed by atoms with Crippen molar-refractivity contribution in [2.45, 2.75) is 39.8 Å². The molecule has 0 fully saturated rings. The molecule has 0 bridgehead atoms.